The van der Waals surface area contributed by atoms with Gasteiger partial charge in [-0.2, -0.15) is 0 Å². The van der Waals surface area contributed by atoms with Crippen LogP contribution >= 0.6 is 0 Å². The number of hydrogen-bond donors (Lipinski definition) is 1. The molecule has 4 rings (SSSR count). The maximum absolute atomic E-state index is 4.41. The van der Waals surface area contributed by atoms with Crippen molar-refractivity contribution in [3.8, 4) is 0 Å². The van der Waals surface area contributed by atoms with Gasteiger partial charge in [0.15, 0.2) is 0 Å². The van der Waals surface area contributed by atoms with E-state index >= 15 is 0 Å². The van der Waals surface area contributed by atoms with E-state index in [4.69, 9.17) is 0 Å². The van der Waals surface area contributed by atoms with Gasteiger partial charge in [-0.05, 0) is 38.6 Å². The molecule has 3 fully saturated rings. The van der Waals surface area contributed by atoms with Crippen molar-refractivity contribution in [2.45, 2.75) is 63.2 Å². The Balaban J connectivity index is 1.49. The summed E-state index contributed by atoms with van der Waals surface area (Å²) in [5.41, 5.74) is 1.38. The zero-order valence-electron chi connectivity index (χ0n) is 11.6. The van der Waals surface area contributed by atoms with Crippen LogP contribution in [0.2, 0.25) is 0 Å². The molecule has 2 saturated heterocycles. The van der Waals surface area contributed by atoms with Crippen molar-refractivity contribution in [3.05, 3.63) is 18.2 Å². The van der Waals surface area contributed by atoms with Crippen molar-refractivity contribution in [1.29, 1.82) is 0 Å². The third kappa shape index (κ3) is 2.32. The molecule has 1 aliphatic carbocycles. The highest BCUT2D eigenvalue weighted by Gasteiger charge is 2.37. The Morgan fingerprint density at radius 1 is 1.11 bits per heavy atom. The lowest BCUT2D eigenvalue weighted by molar-refractivity contribution is 0.172. The van der Waals surface area contributed by atoms with Gasteiger partial charge >= 0.3 is 0 Å². The third-order valence-electron chi connectivity index (χ3n) is 5.07. The molecule has 1 aromatic heterocycles. The Labute approximate surface area is 115 Å². The predicted molar refractivity (Wildman–Crippen MR) is 75.0 cm³/mol. The second-order valence-corrected chi connectivity index (χ2v) is 6.40. The van der Waals surface area contributed by atoms with Crippen LogP contribution in [0, 0.1) is 0 Å². The first-order valence-electron chi connectivity index (χ1n) is 7.90. The smallest absolute Gasteiger partial charge is 0.0951 e. The number of fused-ring (bicyclic) bond motifs is 1. The predicted octanol–water partition coefficient (Wildman–Crippen LogP) is 1.93. The molecule has 19 heavy (non-hydrogen) atoms. The van der Waals surface area contributed by atoms with Crippen LogP contribution in [-0.2, 0) is 6.54 Å². The maximum Gasteiger partial charge on any atom is 0.0951 e. The van der Waals surface area contributed by atoms with Crippen molar-refractivity contribution in [2.24, 2.45) is 0 Å². The molecule has 104 valence electrons. The van der Waals surface area contributed by atoms with Crippen LogP contribution in [0.25, 0.3) is 0 Å². The lowest BCUT2D eigenvalue weighted by Gasteiger charge is -2.33. The molecular formula is C15H24N4. The Kier molecular flexibility index (Phi) is 3.08. The number of rotatable bonds is 4. The normalized spacial score (nSPS) is 31.6. The van der Waals surface area contributed by atoms with Crippen molar-refractivity contribution >= 4 is 0 Å². The van der Waals surface area contributed by atoms with Gasteiger partial charge in [-0.1, -0.05) is 6.42 Å². The van der Waals surface area contributed by atoms with E-state index in [1.165, 1.54) is 57.3 Å². The molecule has 2 aliphatic heterocycles. The molecule has 0 spiro atoms. The average Bonchev–Trinajstić information content (AvgIpc) is 3.00. The summed E-state index contributed by atoms with van der Waals surface area (Å²) in [6.07, 6.45) is 12.3. The summed E-state index contributed by atoms with van der Waals surface area (Å²) < 4.78 is 2.46. The molecule has 1 aromatic rings. The highest BCUT2D eigenvalue weighted by molar-refractivity contribution is 5.05. The number of hydrogen-bond acceptors (Lipinski definition) is 3. The van der Waals surface area contributed by atoms with Crippen molar-refractivity contribution in [1.82, 2.24) is 19.8 Å². The summed E-state index contributed by atoms with van der Waals surface area (Å²) in [4.78, 5) is 7.11. The van der Waals surface area contributed by atoms with E-state index in [9.17, 15) is 0 Å². The summed E-state index contributed by atoms with van der Waals surface area (Å²) >= 11 is 0. The summed E-state index contributed by atoms with van der Waals surface area (Å²) in [6.45, 7) is 3.59. The highest BCUT2D eigenvalue weighted by Crippen LogP contribution is 2.35. The molecule has 2 atom stereocenters. The van der Waals surface area contributed by atoms with Crippen LogP contribution in [0.15, 0.2) is 12.5 Å². The Hall–Kier alpha value is -0.870. The molecule has 3 heterocycles. The molecule has 3 aliphatic rings. The molecule has 2 unspecified atom stereocenters. The maximum atomic E-state index is 4.41. The van der Waals surface area contributed by atoms with E-state index in [1.807, 2.05) is 0 Å². The van der Waals surface area contributed by atoms with Gasteiger partial charge in [-0.3, -0.25) is 4.90 Å². The molecular weight excluding hydrogens is 236 g/mol. The van der Waals surface area contributed by atoms with Gasteiger partial charge in [0, 0.05) is 31.4 Å². The zero-order chi connectivity index (χ0) is 12.7. The monoisotopic (exact) mass is 260 g/mol. The first-order chi connectivity index (χ1) is 9.42. The van der Waals surface area contributed by atoms with Gasteiger partial charge in [0.25, 0.3) is 0 Å². The zero-order valence-corrected chi connectivity index (χ0v) is 11.6. The molecule has 4 heteroatoms. The molecule has 1 N–H and O–H groups in total. The Morgan fingerprint density at radius 3 is 2.95 bits per heavy atom. The summed E-state index contributed by atoms with van der Waals surface area (Å²) in [6, 6.07) is 2.21. The lowest BCUT2D eigenvalue weighted by atomic mass is 9.99. The fraction of sp³-hybridized carbons (Fsp3) is 0.800. The molecule has 4 nitrogen and oxygen atoms in total. The minimum atomic E-state index is 0.666. The number of nitrogens with one attached hydrogen (secondary N) is 1. The van der Waals surface area contributed by atoms with Crippen LogP contribution < -0.4 is 5.32 Å². The van der Waals surface area contributed by atoms with Gasteiger partial charge in [0.05, 0.1) is 18.1 Å². The SMILES string of the molecule is c1ncn(C2CCN3CCCCC23)c1CNC1CC1. The van der Waals surface area contributed by atoms with Crippen LogP contribution in [0.3, 0.4) is 0 Å². The largest absolute Gasteiger partial charge is 0.329 e. The molecule has 0 aromatic carbocycles. The molecule has 1 saturated carbocycles. The number of imidazole rings is 1. The number of nitrogens with zero attached hydrogens (tertiary/aromatic N) is 3. The third-order valence-corrected chi connectivity index (χ3v) is 5.07. The van der Waals surface area contributed by atoms with E-state index in [0.717, 1.165) is 18.6 Å². The minimum absolute atomic E-state index is 0.666. The Bertz CT molecular complexity index is 437. The van der Waals surface area contributed by atoms with Crippen molar-refractivity contribution < 1.29 is 0 Å². The average molecular weight is 260 g/mol. The highest BCUT2D eigenvalue weighted by atomic mass is 15.3. The van der Waals surface area contributed by atoms with Gasteiger partial charge < -0.3 is 9.88 Å². The van der Waals surface area contributed by atoms with E-state index in [-0.39, 0.29) is 0 Å². The molecule has 0 radical (unpaired) electrons. The first kappa shape index (κ1) is 11.9. The first-order valence-corrected chi connectivity index (χ1v) is 7.90. The second-order valence-electron chi connectivity index (χ2n) is 6.40. The standard InChI is InChI=1S/C15H24N4/c1-2-7-18-8-6-15(14(18)3-1)19-11-16-9-13(19)10-17-12-4-5-12/h9,11-12,14-15,17H,1-8,10H2. The summed E-state index contributed by atoms with van der Waals surface area (Å²) in [5.74, 6) is 0. The lowest BCUT2D eigenvalue weighted by Crippen LogP contribution is -2.38. The van der Waals surface area contributed by atoms with Gasteiger partial charge in [-0.25, -0.2) is 4.98 Å². The molecule has 0 amide bonds. The van der Waals surface area contributed by atoms with Crippen molar-refractivity contribution in [3.63, 3.8) is 0 Å². The molecule has 0 bridgehead atoms. The topological polar surface area (TPSA) is 33.1 Å². The Morgan fingerprint density at radius 2 is 2.05 bits per heavy atom. The van der Waals surface area contributed by atoms with Crippen LogP contribution in [-0.4, -0.2) is 39.6 Å². The van der Waals surface area contributed by atoms with E-state index < -0.39 is 0 Å². The summed E-state index contributed by atoms with van der Waals surface area (Å²) in [5, 5.41) is 3.62. The van der Waals surface area contributed by atoms with E-state index in [2.05, 4.69) is 32.3 Å². The van der Waals surface area contributed by atoms with Crippen LogP contribution in [0.1, 0.15) is 50.3 Å². The van der Waals surface area contributed by atoms with Gasteiger partial charge in [0.1, 0.15) is 0 Å². The van der Waals surface area contributed by atoms with Crippen LogP contribution in [0.5, 0.6) is 0 Å². The van der Waals surface area contributed by atoms with Gasteiger partial charge in [-0.15, -0.1) is 0 Å². The van der Waals surface area contributed by atoms with Crippen molar-refractivity contribution in [2.75, 3.05) is 13.1 Å². The van der Waals surface area contributed by atoms with Crippen LogP contribution in [0.4, 0.5) is 0 Å². The second kappa shape index (κ2) is 4.91. The van der Waals surface area contributed by atoms with Gasteiger partial charge in [0.2, 0.25) is 0 Å². The fourth-order valence-corrected chi connectivity index (χ4v) is 3.85. The fourth-order valence-electron chi connectivity index (χ4n) is 3.85. The number of aromatic nitrogens is 2. The quantitative estimate of drug-likeness (QED) is 0.898. The van der Waals surface area contributed by atoms with E-state index in [0.29, 0.717) is 6.04 Å². The number of piperidine rings is 1. The van der Waals surface area contributed by atoms with E-state index in [1.54, 1.807) is 0 Å². The minimum Gasteiger partial charge on any atom is -0.329 e. The summed E-state index contributed by atoms with van der Waals surface area (Å²) in [7, 11) is 0.